The Bertz CT molecular complexity index is 1040. The molecule has 3 aromatic rings. The number of nitrogens with one attached hydrogen (secondary N) is 1. The lowest BCUT2D eigenvalue weighted by Gasteiger charge is -2.13. The lowest BCUT2D eigenvalue weighted by Crippen LogP contribution is -2.13. The first-order valence-corrected chi connectivity index (χ1v) is 9.50. The van der Waals surface area contributed by atoms with E-state index < -0.39 is 5.97 Å². The van der Waals surface area contributed by atoms with Gasteiger partial charge in [0.15, 0.2) is 5.78 Å². The van der Waals surface area contributed by atoms with E-state index in [1.165, 1.54) is 0 Å². The number of nitrogen functional groups attached to an aromatic ring is 1. The normalized spacial score (nSPS) is 9.87. The number of amidine groups is 1. The fourth-order valence-corrected chi connectivity index (χ4v) is 2.68. The molecule has 0 aliphatic rings. The van der Waals surface area contributed by atoms with Crippen LogP contribution < -0.4 is 16.2 Å². The Morgan fingerprint density at radius 1 is 0.935 bits per heavy atom. The molecule has 0 bridgehead atoms. The minimum absolute atomic E-state index is 0.0963. The quantitative estimate of drug-likeness (QED) is 0.263. The van der Waals surface area contributed by atoms with Crippen molar-refractivity contribution in [3.8, 4) is 5.75 Å². The van der Waals surface area contributed by atoms with E-state index in [4.69, 9.17) is 31.5 Å². The number of rotatable bonds is 7. The summed E-state index contributed by atoms with van der Waals surface area (Å²) in [6.07, 6.45) is 0. The third-order valence-electron chi connectivity index (χ3n) is 4.22. The molecular weight excluding hydrogens is 394 g/mol. The van der Waals surface area contributed by atoms with E-state index in [0.29, 0.717) is 35.6 Å². The fraction of sp³-hybridized carbons (Fsp3) is 0.125. The van der Waals surface area contributed by atoms with Gasteiger partial charge in [0.05, 0.1) is 5.56 Å². The second-order valence-electron chi connectivity index (χ2n) is 6.65. The first-order chi connectivity index (χ1) is 14.8. The largest absolute Gasteiger partial charge is 0.488 e. The highest BCUT2D eigenvalue weighted by Gasteiger charge is 2.16. The minimum atomic E-state index is -0.833. The van der Waals surface area contributed by atoms with Crippen LogP contribution in [0.5, 0.6) is 5.75 Å². The molecule has 0 aromatic heterocycles. The van der Waals surface area contributed by atoms with Crippen molar-refractivity contribution in [3.05, 3.63) is 101 Å². The van der Waals surface area contributed by atoms with Crippen LogP contribution in [0.4, 0.5) is 0 Å². The van der Waals surface area contributed by atoms with E-state index in [9.17, 15) is 4.79 Å². The van der Waals surface area contributed by atoms with Crippen molar-refractivity contribution in [1.29, 1.82) is 5.41 Å². The SMILES string of the molecule is CC(=O)O.N=C(N)c1ccc(OCc2ccc(CN)cc2)c(C(=O)c2ccccc2)c1. The average Bonchev–Trinajstić information content (AvgIpc) is 2.77. The van der Waals surface area contributed by atoms with Crippen LogP contribution in [0.1, 0.15) is 39.5 Å². The number of carboxylic acid groups (broad SMARTS) is 1. The number of benzene rings is 3. The molecule has 0 amide bonds. The van der Waals surface area contributed by atoms with Crippen LogP contribution in [0.2, 0.25) is 0 Å². The Labute approximate surface area is 180 Å². The lowest BCUT2D eigenvalue weighted by atomic mass is 10.00. The molecular formula is C24H25N3O4. The van der Waals surface area contributed by atoms with Crippen LogP contribution in [0.25, 0.3) is 0 Å². The number of ketones is 1. The van der Waals surface area contributed by atoms with Crippen molar-refractivity contribution in [3.63, 3.8) is 0 Å². The molecule has 7 nitrogen and oxygen atoms in total. The van der Waals surface area contributed by atoms with Crippen LogP contribution in [0, 0.1) is 5.41 Å². The molecule has 3 rings (SSSR count). The maximum absolute atomic E-state index is 12.9. The van der Waals surface area contributed by atoms with Crippen molar-refractivity contribution in [2.75, 3.05) is 0 Å². The van der Waals surface area contributed by atoms with Gasteiger partial charge in [-0.2, -0.15) is 0 Å². The summed E-state index contributed by atoms with van der Waals surface area (Å²) in [5.74, 6) is -0.648. The molecule has 0 saturated carbocycles. The number of aliphatic carboxylic acids is 1. The van der Waals surface area contributed by atoms with E-state index in [1.807, 2.05) is 42.5 Å². The Kier molecular flexibility index (Phi) is 8.48. The smallest absolute Gasteiger partial charge is 0.300 e. The monoisotopic (exact) mass is 419 g/mol. The van der Waals surface area contributed by atoms with E-state index in [2.05, 4.69) is 0 Å². The van der Waals surface area contributed by atoms with Crippen molar-refractivity contribution < 1.29 is 19.4 Å². The fourth-order valence-electron chi connectivity index (χ4n) is 2.68. The van der Waals surface area contributed by atoms with Gasteiger partial charge in [0.2, 0.25) is 0 Å². The standard InChI is InChI=1S/C22H21N3O2.C2H4O2/c23-13-15-6-8-16(9-7-15)14-27-20-11-10-18(22(24)25)12-19(20)21(26)17-4-2-1-3-5-17;1-2(3)4/h1-12H,13-14,23H2,(H3,24,25);1H3,(H,3,4). The highest BCUT2D eigenvalue weighted by molar-refractivity contribution is 6.12. The number of hydrogen-bond donors (Lipinski definition) is 4. The molecule has 7 heteroatoms. The number of hydrogen-bond acceptors (Lipinski definition) is 5. The van der Waals surface area contributed by atoms with Gasteiger partial charge in [-0.15, -0.1) is 0 Å². The molecule has 0 heterocycles. The van der Waals surface area contributed by atoms with Gasteiger partial charge in [0.25, 0.3) is 5.97 Å². The van der Waals surface area contributed by atoms with Gasteiger partial charge in [-0.1, -0.05) is 54.6 Å². The molecule has 0 unspecified atom stereocenters. The lowest BCUT2D eigenvalue weighted by molar-refractivity contribution is -0.134. The average molecular weight is 419 g/mol. The molecule has 0 saturated heterocycles. The molecule has 0 spiro atoms. The number of ether oxygens (including phenoxy) is 1. The van der Waals surface area contributed by atoms with Crippen LogP contribution in [0.3, 0.4) is 0 Å². The first-order valence-electron chi connectivity index (χ1n) is 9.50. The van der Waals surface area contributed by atoms with Gasteiger partial charge in [-0.3, -0.25) is 15.0 Å². The van der Waals surface area contributed by atoms with E-state index >= 15 is 0 Å². The molecule has 31 heavy (non-hydrogen) atoms. The first kappa shape index (κ1) is 23.3. The van der Waals surface area contributed by atoms with Gasteiger partial charge in [0, 0.05) is 24.6 Å². The summed E-state index contributed by atoms with van der Waals surface area (Å²) in [6, 6.07) is 21.7. The zero-order valence-electron chi connectivity index (χ0n) is 17.2. The summed E-state index contributed by atoms with van der Waals surface area (Å²) in [5, 5.41) is 15.1. The second-order valence-corrected chi connectivity index (χ2v) is 6.65. The highest BCUT2D eigenvalue weighted by Crippen LogP contribution is 2.24. The van der Waals surface area contributed by atoms with Crippen molar-refractivity contribution >= 4 is 17.6 Å². The topological polar surface area (TPSA) is 139 Å². The third-order valence-corrected chi connectivity index (χ3v) is 4.22. The molecule has 0 aliphatic carbocycles. The van der Waals surface area contributed by atoms with E-state index in [-0.39, 0.29) is 11.6 Å². The van der Waals surface area contributed by atoms with Crippen LogP contribution in [0.15, 0.2) is 72.8 Å². The number of carbonyl (C=O) groups excluding carboxylic acids is 1. The second kappa shape index (κ2) is 11.3. The minimum Gasteiger partial charge on any atom is -0.488 e. The molecule has 6 N–H and O–H groups in total. The van der Waals surface area contributed by atoms with Gasteiger partial charge >= 0.3 is 0 Å². The molecule has 0 aliphatic heterocycles. The number of nitrogens with two attached hydrogens (primary N) is 2. The Morgan fingerprint density at radius 3 is 2.06 bits per heavy atom. The molecule has 3 aromatic carbocycles. The predicted octanol–water partition coefficient (Wildman–Crippen LogP) is 3.33. The molecule has 160 valence electrons. The van der Waals surface area contributed by atoms with Crippen LogP contribution in [-0.2, 0) is 17.9 Å². The van der Waals surface area contributed by atoms with Crippen molar-refractivity contribution in [2.45, 2.75) is 20.1 Å². The third kappa shape index (κ3) is 7.09. The summed E-state index contributed by atoms with van der Waals surface area (Å²) in [7, 11) is 0. The van der Waals surface area contributed by atoms with E-state index in [0.717, 1.165) is 18.1 Å². The number of carboxylic acids is 1. The maximum atomic E-state index is 12.9. The zero-order chi connectivity index (χ0) is 22.8. The summed E-state index contributed by atoms with van der Waals surface area (Å²) < 4.78 is 5.91. The summed E-state index contributed by atoms with van der Waals surface area (Å²) in [5.41, 5.74) is 14.6. The van der Waals surface area contributed by atoms with Crippen molar-refractivity contribution in [1.82, 2.24) is 0 Å². The van der Waals surface area contributed by atoms with Gasteiger partial charge in [-0.05, 0) is 29.3 Å². The van der Waals surface area contributed by atoms with Crippen LogP contribution in [-0.4, -0.2) is 22.7 Å². The molecule has 0 atom stereocenters. The van der Waals surface area contributed by atoms with Gasteiger partial charge in [0.1, 0.15) is 18.2 Å². The van der Waals surface area contributed by atoms with Crippen molar-refractivity contribution in [2.24, 2.45) is 11.5 Å². The predicted molar refractivity (Wildman–Crippen MR) is 119 cm³/mol. The van der Waals surface area contributed by atoms with E-state index in [1.54, 1.807) is 30.3 Å². The highest BCUT2D eigenvalue weighted by atomic mass is 16.5. The Balaban J connectivity index is 0.000000785. The summed E-state index contributed by atoms with van der Waals surface area (Å²) in [4.78, 5) is 21.9. The molecule has 0 fully saturated rings. The Hall–Kier alpha value is -3.97. The summed E-state index contributed by atoms with van der Waals surface area (Å²) >= 11 is 0. The summed E-state index contributed by atoms with van der Waals surface area (Å²) in [6.45, 7) is 1.89. The maximum Gasteiger partial charge on any atom is 0.300 e. The van der Waals surface area contributed by atoms with Crippen LogP contribution >= 0.6 is 0 Å². The van der Waals surface area contributed by atoms with Gasteiger partial charge < -0.3 is 21.3 Å². The van der Waals surface area contributed by atoms with Gasteiger partial charge in [-0.25, -0.2) is 0 Å². The number of carbonyl (C=O) groups is 2. The Morgan fingerprint density at radius 2 is 1.52 bits per heavy atom. The zero-order valence-corrected chi connectivity index (χ0v) is 17.2. The molecule has 0 radical (unpaired) electrons.